The van der Waals surface area contributed by atoms with Crippen molar-refractivity contribution < 1.29 is 29.6 Å². The van der Waals surface area contributed by atoms with Gasteiger partial charge >= 0.3 is 0 Å². The molecule has 2 heterocycles. The number of carbonyl (C=O) groups is 2. The van der Waals surface area contributed by atoms with Gasteiger partial charge in [-0.15, -0.1) is 11.8 Å². The van der Waals surface area contributed by atoms with Crippen LogP contribution in [0.2, 0.25) is 0 Å². The van der Waals surface area contributed by atoms with E-state index in [1.807, 2.05) is 0 Å². The van der Waals surface area contributed by atoms with Gasteiger partial charge in [0.1, 0.15) is 29.8 Å². The van der Waals surface area contributed by atoms with Crippen LogP contribution in [0.3, 0.4) is 0 Å². The van der Waals surface area contributed by atoms with Gasteiger partial charge in [0.15, 0.2) is 0 Å². The van der Waals surface area contributed by atoms with Crippen LogP contribution in [0, 0.1) is 0 Å². The third-order valence-corrected chi connectivity index (χ3v) is 5.06. The van der Waals surface area contributed by atoms with E-state index in [1.165, 1.54) is 11.8 Å². The molecule has 2 aliphatic heterocycles. The fourth-order valence-electron chi connectivity index (χ4n) is 3.02. The number of rotatable bonds is 3. The molecule has 3 rings (SSSR count). The first kappa shape index (κ1) is 16.4. The average molecular weight is 339 g/mol. The highest BCUT2D eigenvalue weighted by Gasteiger charge is 2.52. The zero-order chi connectivity index (χ0) is 16.7. The summed E-state index contributed by atoms with van der Waals surface area (Å²) in [4.78, 5) is 26.1. The van der Waals surface area contributed by atoms with Gasteiger partial charge in [0.25, 0.3) is 11.8 Å². The molecule has 2 aliphatic rings. The van der Waals surface area contributed by atoms with Crippen LogP contribution in [0.25, 0.3) is 0 Å². The van der Waals surface area contributed by atoms with Crippen LogP contribution >= 0.6 is 11.8 Å². The molecule has 2 amide bonds. The molecule has 1 fully saturated rings. The summed E-state index contributed by atoms with van der Waals surface area (Å²) in [6.07, 6.45) is -2.05. The van der Waals surface area contributed by atoms with Crippen molar-refractivity contribution in [2.75, 3.05) is 12.9 Å². The van der Waals surface area contributed by atoms with Gasteiger partial charge in [-0.3, -0.25) is 14.5 Å². The van der Waals surface area contributed by atoms with Crippen molar-refractivity contribution in [3.05, 3.63) is 35.4 Å². The maximum atomic E-state index is 12.6. The number of hydrogen-bond acceptors (Lipinski definition) is 7. The predicted molar refractivity (Wildman–Crippen MR) is 82.0 cm³/mol. The van der Waals surface area contributed by atoms with Gasteiger partial charge in [-0.1, -0.05) is 12.1 Å². The maximum Gasteiger partial charge on any atom is 0.262 e. The van der Waals surface area contributed by atoms with Crippen LogP contribution in [0.4, 0.5) is 0 Å². The molecule has 7 nitrogen and oxygen atoms in total. The second-order valence-electron chi connectivity index (χ2n) is 5.46. The van der Waals surface area contributed by atoms with E-state index in [2.05, 4.69) is 0 Å². The van der Waals surface area contributed by atoms with Gasteiger partial charge in [-0.2, -0.15) is 0 Å². The van der Waals surface area contributed by atoms with Crippen molar-refractivity contribution in [3.63, 3.8) is 0 Å². The molecule has 0 radical (unpaired) electrons. The topological polar surface area (TPSA) is 107 Å². The Bertz CT molecular complexity index is 601. The third kappa shape index (κ3) is 2.47. The minimum absolute atomic E-state index is 0.267. The first-order valence-corrected chi connectivity index (χ1v) is 8.42. The normalized spacial score (nSPS) is 33.9. The lowest BCUT2D eigenvalue weighted by Crippen LogP contribution is -2.64. The predicted octanol–water partition coefficient (Wildman–Crippen LogP) is -0.547. The average Bonchev–Trinajstić information content (AvgIpc) is 2.82. The van der Waals surface area contributed by atoms with Crippen molar-refractivity contribution in [1.82, 2.24) is 4.90 Å². The van der Waals surface area contributed by atoms with Gasteiger partial charge in [-0.05, 0) is 18.4 Å². The zero-order valence-corrected chi connectivity index (χ0v) is 13.1. The largest absolute Gasteiger partial charge is 0.394 e. The van der Waals surface area contributed by atoms with Crippen molar-refractivity contribution in [1.29, 1.82) is 0 Å². The van der Waals surface area contributed by atoms with Crippen LogP contribution in [-0.4, -0.2) is 74.7 Å². The number of amides is 2. The molecular weight excluding hydrogens is 322 g/mol. The van der Waals surface area contributed by atoms with Crippen molar-refractivity contribution in [2.45, 2.75) is 29.8 Å². The van der Waals surface area contributed by atoms with Crippen LogP contribution < -0.4 is 0 Å². The summed E-state index contributed by atoms with van der Waals surface area (Å²) in [5.41, 5.74) is -0.209. The summed E-state index contributed by atoms with van der Waals surface area (Å²) < 4.78 is 5.54. The summed E-state index contributed by atoms with van der Waals surface area (Å²) in [6, 6.07) is 5.38. The second kappa shape index (κ2) is 6.21. The van der Waals surface area contributed by atoms with Crippen molar-refractivity contribution >= 4 is 23.6 Å². The molecule has 1 saturated heterocycles. The molecule has 3 N–H and O–H groups in total. The molecule has 5 atom stereocenters. The SMILES string of the molecule is CS[C@@H]1O[C@H](CO)[C@@H](O)[C@H](O)[C@H]1N1C(=O)c2ccccc2C1=O. The Hall–Kier alpha value is -1.45. The number of aliphatic hydroxyl groups excluding tert-OH is 3. The highest BCUT2D eigenvalue weighted by atomic mass is 32.2. The first-order valence-electron chi connectivity index (χ1n) is 7.13. The zero-order valence-electron chi connectivity index (χ0n) is 12.3. The minimum atomic E-state index is -1.40. The Balaban J connectivity index is 1.97. The van der Waals surface area contributed by atoms with E-state index in [0.717, 1.165) is 4.90 Å². The van der Waals surface area contributed by atoms with Gasteiger partial charge in [0.05, 0.1) is 17.7 Å². The van der Waals surface area contributed by atoms with Crippen molar-refractivity contribution in [3.8, 4) is 0 Å². The van der Waals surface area contributed by atoms with E-state index >= 15 is 0 Å². The Kier molecular flexibility index (Phi) is 4.43. The van der Waals surface area contributed by atoms with E-state index in [1.54, 1.807) is 30.5 Å². The van der Waals surface area contributed by atoms with Crippen LogP contribution in [-0.2, 0) is 4.74 Å². The Labute approximate surface area is 136 Å². The van der Waals surface area contributed by atoms with Crippen LogP contribution in [0.1, 0.15) is 20.7 Å². The van der Waals surface area contributed by atoms with E-state index in [-0.39, 0.29) is 11.1 Å². The summed E-state index contributed by atoms with van der Waals surface area (Å²) in [6.45, 7) is -0.468. The lowest BCUT2D eigenvalue weighted by atomic mass is 9.97. The molecule has 0 bridgehead atoms. The molecule has 23 heavy (non-hydrogen) atoms. The molecule has 1 aromatic rings. The molecule has 0 aromatic heterocycles. The van der Waals surface area contributed by atoms with Gasteiger partial charge in [-0.25, -0.2) is 0 Å². The summed E-state index contributed by atoms with van der Waals surface area (Å²) in [5, 5.41) is 29.7. The number of fused-ring (bicyclic) bond motifs is 1. The number of hydrogen-bond donors (Lipinski definition) is 3. The van der Waals surface area contributed by atoms with E-state index in [9.17, 15) is 24.9 Å². The number of carbonyl (C=O) groups excluding carboxylic acids is 2. The highest BCUT2D eigenvalue weighted by molar-refractivity contribution is 7.99. The van der Waals surface area contributed by atoms with Crippen molar-refractivity contribution in [2.24, 2.45) is 0 Å². The van der Waals surface area contributed by atoms with Gasteiger partial charge < -0.3 is 20.1 Å². The number of imide groups is 1. The first-order chi connectivity index (χ1) is 11.0. The number of ether oxygens (including phenoxy) is 1. The second-order valence-corrected chi connectivity index (χ2v) is 6.39. The molecular formula is C15H17NO6S. The molecule has 0 spiro atoms. The summed E-state index contributed by atoms with van der Waals surface area (Å²) in [5.74, 6) is -1.04. The van der Waals surface area contributed by atoms with E-state index in [4.69, 9.17) is 4.74 Å². The highest BCUT2D eigenvalue weighted by Crippen LogP contribution is 2.35. The van der Waals surface area contributed by atoms with E-state index in [0.29, 0.717) is 0 Å². The number of nitrogens with zero attached hydrogens (tertiary/aromatic N) is 1. The molecule has 124 valence electrons. The molecule has 0 saturated carbocycles. The smallest absolute Gasteiger partial charge is 0.262 e. The summed E-state index contributed by atoms with van der Waals surface area (Å²) in [7, 11) is 0. The molecule has 8 heteroatoms. The Morgan fingerprint density at radius 1 is 1.13 bits per heavy atom. The van der Waals surface area contributed by atoms with Gasteiger partial charge in [0.2, 0.25) is 0 Å². The fraction of sp³-hybridized carbons (Fsp3) is 0.467. The number of benzene rings is 1. The lowest BCUT2D eigenvalue weighted by molar-refractivity contribution is -0.181. The molecule has 0 unspecified atom stereocenters. The summed E-state index contributed by atoms with van der Waals surface area (Å²) >= 11 is 1.20. The molecule has 0 aliphatic carbocycles. The maximum absolute atomic E-state index is 12.6. The van der Waals surface area contributed by atoms with Gasteiger partial charge in [0, 0.05) is 0 Å². The quantitative estimate of drug-likeness (QED) is 0.635. The minimum Gasteiger partial charge on any atom is -0.394 e. The monoisotopic (exact) mass is 339 g/mol. The third-order valence-electron chi connectivity index (χ3n) is 4.20. The van der Waals surface area contributed by atoms with Crippen LogP contribution in [0.15, 0.2) is 24.3 Å². The lowest BCUT2D eigenvalue weighted by Gasteiger charge is -2.44. The Morgan fingerprint density at radius 2 is 1.70 bits per heavy atom. The molecule has 1 aromatic carbocycles. The number of thioether (sulfide) groups is 1. The van der Waals surface area contributed by atoms with E-state index < -0.39 is 48.2 Å². The standard InChI is InChI=1S/C15H17NO6S/c1-23-15-10(12(19)11(18)9(6-17)22-15)16-13(20)7-4-2-3-5-8(7)14(16)21/h2-5,9-12,15,17-19H,6H2,1H3/t9-,10-,11-,12-,15+/m1/s1. The fourth-order valence-corrected chi connectivity index (χ4v) is 3.83. The Morgan fingerprint density at radius 3 is 2.17 bits per heavy atom. The van der Waals surface area contributed by atoms with Crippen LogP contribution in [0.5, 0.6) is 0 Å². The number of aliphatic hydroxyl groups is 3.